The van der Waals surface area contributed by atoms with Crippen LogP contribution in [0.5, 0.6) is 5.75 Å². The molecule has 9 heteroatoms. The number of aromatic nitrogens is 4. The number of benzene rings is 2. The van der Waals surface area contributed by atoms with Crippen molar-refractivity contribution in [3.63, 3.8) is 0 Å². The molecule has 0 saturated heterocycles. The van der Waals surface area contributed by atoms with Crippen molar-refractivity contribution in [2.75, 3.05) is 14.2 Å². The molecule has 4 rings (SSSR count). The van der Waals surface area contributed by atoms with Crippen molar-refractivity contribution in [1.29, 1.82) is 0 Å². The van der Waals surface area contributed by atoms with Crippen LogP contribution in [-0.2, 0) is 4.74 Å². The number of hydrogen-bond donors (Lipinski definition) is 0. The Morgan fingerprint density at radius 2 is 1.87 bits per heavy atom. The molecular weight excluding hydrogens is 420 g/mol. The Morgan fingerprint density at radius 3 is 2.58 bits per heavy atom. The van der Waals surface area contributed by atoms with Crippen molar-refractivity contribution >= 4 is 17.6 Å². The summed E-state index contributed by atoms with van der Waals surface area (Å²) in [5, 5.41) is 4.68. The van der Waals surface area contributed by atoms with E-state index in [-0.39, 0.29) is 5.89 Å². The van der Waals surface area contributed by atoms with E-state index >= 15 is 0 Å². The van der Waals surface area contributed by atoms with Gasteiger partial charge in [0.2, 0.25) is 5.82 Å². The molecule has 0 spiro atoms. The fourth-order valence-electron chi connectivity index (χ4n) is 3.38. The number of rotatable bonds is 5. The molecule has 2 aromatic heterocycles. The summed E-state index contributed by atoms with van der Waals surface area (Å²) in [6.45, 7) is 3.80. The van der Waals surface area contributed by atoms with Crippen LogP contribution in [0.1, 0.15) is 21.9 Å². The highest BCUT2D eigenvalue weighted by Crippen LogP contribution is 2.31. The van der Waals surface area contributed by atoms with Crippen molar-refractivity contribution in [3.8, 4) is 34.4 Å². The Labute approximate surface area is 183 Å². The zero-order chi connectivity index (χ0) is 22.1. The van der Waals surface area contributed by atoms with E-state index in [1.54, 1.807) is 18.2 Å². The maximum atomic E-state index is 11.9. The smallest absolute Gasteiger partial charge is 0.341 e. The highest BCUT2D eigenvalue weighted by Gasteiger charge is 2.22. The first-order valence-electron chi connectivity index (χ1n) is 9.36. The number of para-hydroxylation sites is 1. The average molecular weight is 439 g/mol. The summed E-state index contributed by atoms with van der Waals surface area (Å²) in [5.74, 6) is 1.22. The molecule has 0 aliphatic heterocycles. The van der Waals surface area contributed by atoms with Crippen LogP contribution in [0.4, 0.5) is 0 Å². The number of ether oxygens (including phenoxy) is 2. The van der Waals surface area contributed by atoms with Crippen LogP contribution in [0.25, 0.3) is 28.7 Å². The third kappa shape index (κ3) is 3.66. The molecular formula is C22H19ClN4O4. The third-order valence-corrected chi connectivity index (χ3v) is 5.18. The molecule has 0 aliphatic carbocycles. The molecule has 2 aromatic carbocycles. The molecule has 0 amide bonds. The van der Waals surface area contributed by atoms with Crippen LogP contribution in [0.3, 0.4) is 0 Å². The van der Waals surface area contributed by atoms with Gasteiger partial charge in [0.15, 0.2) is 0 Å². The zero-order valence-electron chi connectivity index (χ0n) is 17.3. The van der Waals surface area contributed by atoms with Crippen LogP contribution in [-0.4, -0.2) is 39.9 Å². The lowest BCUT2D eigenvalue weighted by molar-refractivity contribution is 0.0597. The molecule has 0 fully saturated rings. The van der Waals surface area contributed by atoms with E-state index in [9.17, 15) is 4.79 Å². The van der Waals surface area contributed by atoms with Crippen molar-refractivity contribution in [1.82, 2.24) is 19.7 Å². The minimum absolute atomic E-state index is 0.275. The molecule has 0 bridgehead atoms. The summed E-state index contributed by atoms with van der Waals surface area (Å²) in [5.41, 5.74) is 3.14. The van der Waals surface area contributed by atoms with Gasteiger partial charge >= 0.3 is 5.97 Å². The standard InChI is InChI=1S/C22H19ClN4O4/c1-12-19(24-13(2)27(12)17-8-6-5-7-16(17)23)21-25-20(26-31-21)14-9-10-15(22(28)30-4)18(11-14)29-3/h5-11H,1-4H3. The Hall–Kier alpha value is -3.65. The molecule has 8 nitrogen and oxygen atoms in total. The Kier molecular flexibility index (Phi) is 5.48. The van der Waals surface area contributed by atoms with E-state index in [0.29, 0.717) is 33.4 Å². The van der Waals surface area contributed by atoms with Gasteiger partial charge < -0.3 is 14.0 Å². The Balaban J connectivity index is 1.73. The van der Waals surface area contributed by atoms with Gasteiger partial charge in [-0.1, -0.05) is 28.9 Å². The highest BCUT2D eigenvalue weighted by molar-refractivity contribution is 6.32. The van der Waals surface area contributed by atoms with Crippen molar-refractivity contribution in [3.05, 3.63) is 64.6 Å². The predicted molar refractivity (Wildman–Crippen MR) is 115 cm³/mol. The van der Waals surface area contributed by atoms with Gasteiger partial charge in [-0.2, -0.15) is 4.98 Å². The first kappa shape index (κ1) is 20.6. The van der Waals surface area contributed by atoms with E-state index in [2.05, 4.69) is 15.1 Å². The molecule has 158 valence electrons. The van der Waals surface area contributed by atoms with E-state index < -0.39 is 5.97 Å². The molecule has 0 atom stereocenters. The van der Waals surface area contributed by atoms with Gasteiger partial charge in [0, 0.05) is 5.56 Å². The maximum absolute atomic E-state index is 11.9. The monoisotopic (exact) mass is 438 g/mol. The molecule has 0 unspecified atom stereocenters. The van der Waals surface area contributed by atoms with Gasteiger partial charge in [0.05, 0.1) is 30.6 Å². The summed E-state index contributed by atoms with van der Waals surface area (Å²) >= 11 is 6.37. The minimum atomic E-state index is -0.492. The zero-order valence-corrected chi connectivity index (χ0v) is 18.1. The largest absolute Gasteiger partial charge is 0.496 e. The Morgan fingerprint density at radius 1 is 1.10 bits per heavy atom. The molecule has 4 aromatic rings. The third-order valence-electron chi connectivity index (χ3n) is 4.86. The van der Waals surface area contributed by atoms with Crippen molar-refractivity contribution in [2.45, 2.75) is 13.8 Å². The molecule has 0 saturated carbocycles. The first-order valence-corrected chi connectivity index (χ1v) is 9.74. The van der Waals surface area contributed by atoms with Gasteiger partial charge in [-0.05, 0) is 44.2 Å². The lowest BCUT2D eigenvalue weighted by atomic mass is 10.1. The van der Waals surface area contributed by atoms with E-state index in [0.717, 1.165) is 17.2 Å². The summed E-state index contributed by atoms with van der Waals surface area (Å²) in [7, 11) is 2.79. The number of aryl methyl sites for hydroxylation is 1. The predicted octanol–water partition coefficient (Wildman–Crippen LogP) is 4.65. The minimum Gasteiger partial charge on any atom is -0.496 e. The van der Waals surface area contributed by atoms with Gasteiger partial charge in [-0.25, -0.2) is 9.78 Å². The van der Waals surface area contributed by atoms with Crippen LogP contribution in [0, 0.1) is 13.8 Å². The molecule has 31 heavy (non-hydrogen) atoms. The van der Waals surface area contributed by atoms with E-state index in [4.69, 9.17) is 25.6 Å². The fraction of sp³-hybridized carbons (Fsp3) is 0.182. The van der Waals surface area contributed by atoms with Gasteiger partial charge in [-0.15, -0.1) is 0 Å². The highest BCUT2D eigenvalue weighted by atomic mass is 35.5. The van der Waals surface area contributed by atoms with Gasteiger partial charge in [0.25, 0.3) is 5.89 Å². The summed E-state index contributed by atoms with van der Waals surface area (Å²) in [6.07, 6.45) is 0. The number of halogens is 1. The van der Waals surface area contributed by atoms with E-state index in [1.807, 2.05) is 42.7 Å². The quantitative estimate of drug-likeness (QED) is 0.418. The maximum Gasteiger partial charge on any atom is 0.341 e. The van der Waals surface area contributed by atoms with E-state index in [1.165, 1.54) is 14.2 Å². The second-order valence-corrected chi connectivity index (χ2v) is 7.12. The normalized spacial score (nSPS) is 10.9. The Bertz CT molecular complexity index is 1280. The van der Waals surface area contributed by atoms with Crippen LogP contribution >= 0.6 is 11.6 Å². The lowest BCUT2D eigenvalue weighted by Crippen LogP contribution is -2.04. The average Bonchev–Trinajstić information content (AvgIpc) is 3.38. The van der Waals surface area contributed by atoms with Crippen molar-refractivity contribution < 1.29 is 18.8 Å². The number of nitrogens with zero attached hydrogens (tertiary/aromatic N) is 4. The molecule has 0 N–H and O–H groups in total. The summed E-state index contributed by atoms with van der Waals surface area (Å²) < 4.78 is 17.5. The second kappa shape index (κ2) is 8.23. The topological polar surface area (TPSA) is 92.3 Å². The molecule has 2 heterocycles. The number of carbonyl (C=O) groups is 1. The van der Waals surface area contributed by atoms with Gasteiger partial charge in [0.1, 0.15) is 22.8 Å². The molecule has 0 aliphatic rings. The summed E-state index contributed by atoms with van der Waals surface area (Å²) in [6, 6.07) is 12.5. The molecule has 0 radical (unpaired) electrons. The number of methoxy groups -OCH3 is 2. The SMILES string of the molecule is COC(=O)c1ccc(-c2noc(-c3nc(C)n(-c4ccccc4Cl)c3C)n2)cc1OC. The second-order valence-electron chi connectivity index (χ2n) is 6.71. The fourth-order valence-corrected chi connectivity index (χ4v) is 3.60. The van der Waals surface area contributed by atoms with Crippen LogP contribution in [0.15, 0.2) is 47.0 Å². The van der Waals surface area contributed by atoms with Crippen LogP contribution < -0.4 is 4.74 Å². The number of esters is 1. The first-order chi connectivity index (χ1) is 14.9. The van der Waals surface area contributed by atoms with Gasteiger partial charge in [-0.3, -0.25) is 4.57 Å². The van der Waals surface area contributed by atoms with Crippen molar-refractivity contribution in [2.24, 2.45) is 0 Å². The lowest BCUT2D eigenvalue weighted by Gasteiger charge is -2.09. The number of hydrogen-bond acceptors (Lipinski definition) is 7. The number of imidazole rings is 1. The van der Waals surface area contributed by atoms with Crippen LogP contribution in [0.2, 0.25) is 5.02 Å². The summed E-state index contributed by atoms with van der Waals surface area (Å²) in [4.78, 5) is 21.0. The number of carbonyl (C=O) groups excluding carboxylic acids is 1.